The Morgan fingerprint density at radius 3 is 2.47 bits per heavy atom. The lowest BCUT2D eigenvalue weighted by Gasteiger charge is -2.19. The molecule has 2 N–H and O–H groups in total. The molecule has 4 nitrogen and oxygen atoms in total. The van der Waals surface area contributed by atoms with Crippen LogP contribution in [0.1, 0.15) is 46.5 Å². The van der Waals surface area contributed by atoms with Crippen LogP contribution in [0.2, 0.25) is 0 Å². The van der Waals surface area contributed by atoms with Crippen LogP contribution in [0.3, 0.4) is 0 Å². The molecule has 0 aromatic rings. The second kappa shape index (κ2) is 12.9. The molecule has 2 atom stereocenters. The van der Waals surface area contributed by atoms with Gasteiger partial charge in [0.15, 0.2) is 0 Å². The number of hydrogen-bond donors (Lipinski definition) is 2. The smallest absolute Gasteiger partial charge is 0.0897 e. The zero-order valence-electron chi connectivity index (χ0n) is 13.2. The molecule has 0 aliphatic heterocycles. The van der Waals surface area contributed by atoms with Crippen LogP contribution in [-0.4, -0.2) is 50.7 Å². The van der Waals surface area contributed by atoms with Gasteiger partial charge in [0.25, 0.3) is 0 Å². The highest BCUT2D eigenvalue weighted by molar-refractivity contribution is 4.68. The summed E-state index contributed by atoms with van der Waals surface area (Å²) in [7, 11) is 1.71. The van der Waals surface area contributed by atoms with Crippen LogP contribution < -0.4 is 5.32 Å². The summed E-state index contributed by atoms with van der Waals surface area (Å²) in [4.78, 5) is 0. The van der Waals surface area contributed by atoms with Crippen LogP contribution >= 0.6 is 0 Å². The Morgan fingerprint density at radius 1 is 1.16 bits per heavy atom. The van der Waals surface area contributed by atoms with Crippen molar-refractivity contribution in [1.82, 2.24) is 5.32 Å². The SMILES string of the molecule is CCCC(COC)NCC(O)COCCCC(C)C. The van der Waals surface area contributed by atoms with Crippen LogP contribution in [-0.2, 0) is 9.47 Å². The zero-order chi connectivity index (χ0) is 14.5. The summed E-state index contributed by atoms with van der Waals surface area (Å²) in [6.07, 6.45) is 3.99. The van der Waals surface area contributed by atoms with Gasteiger partial charge >= 0.3 is 0 Å². The molecule has 0 aliphatic carbocycles. The van der Waals surface area contributed by atoms with Gasteiger partial charge in [0, 0.05) is 26.3 Å². The summed E-state index contributed by atoms with van der Waals surface area (Å²) < 4.78 is 10.6. The van der Waals surface area contributed by atoms with Crippen molar-refractivity contribution >= 4 is 0 Å². The van der Waals surface area contributed by atoms with E-state index in [4.69, 9.17) is 9.47 Å². The fourth-order valence-corrected chi connectivity index (χ4v) is 1.97. The third-order valence-corrected chi connectivity index (χ3v) is 3.03. The molecular formula is C15H33NO3. The number of aliphatic hydroxyl groups is 1. The third-order valence-electron chi connectivity index (χ3n) is 3.03. The average molecular weight is 275 g/mol. The van der Waals surface area contributed by atoms with Crippen LogP contribution in [0.4, 0.5) is 0 Å². The molecule has 0 saturated heterocycles. The highest BCUT2D eigenvalue weighted by Gasteiger charge is 2.10. The third kappa shape index (κ3) is 12.6. The van der Waals surface area contributed by atoms with Crippen molar-refractivity contribution in [3.63, 3.8) is 0 Å². The topological polar surface area (TPSA) is 50.7 Å². The van der Waals surface area contributed by atoms with Crippen LogP contribution in [0.5, 0.6) is 0 Å². The molecule has 0 rings (SSSR count). The van der Waals surface area contributed by atoms with Crippen LogP contribution in [0.15, 0.2) is 0 Å². The second-order valence-electron chi connectivity index (χ2n) is 5.61. The summed E-state index contributed by atoms with van der Waals surface area (Å²) in [6.45, 7) is 8.99. The molecular weight excluding hydrogens is 242 g/mol. The summed E-state index contributed by atoms with van der Waals surface area (Å²) in [5.41, 5.74) is 0. The first-order valence-electron chi connectivity index (χ1n) is 7.58. The van der Waals surface area contributed by atoms with Gasteiger partial charge in [-0.2, -0.15) is 0 Å². The largest absolute Gasteiger partial charge is 0.389 e. The number of aliphatic hydroxyl groups excluding tert-OH is 1. The maximum absolute atomic E-state index is 9.81. The molecule has 0 fully saturated rings. The van der Waals surface area contributed by atoms with Gasteiger partial charge in [-0.15, -0.1) is 0 Å². The maximum Gasteiger partial charge on any atom is 0.0897 e. The van der Waals surface area contributed by atoms with E-state index in [1.54, 1.807) is 7.11 Å². The first kappa shape index (κ1) is 18.8. The highest BCUT2D eigenvalue weighted by Crippen LogP contribution is 2.03. The molecule has 19 heavy (non-hydrogen) atoms. The molecule has 0 saturated carbocycles. The number of rotatable bonds is 13. The van der Waals surface area contributed by atoms with Gasteiger partial charge in [-0.3, -0.25) is 0 Å². The Balaban J connectivity index is 3.53. The second-order valence-corrected chi connectivity index (χ2v) is 5.61. The van der Waals surface area contributed by atoms with E-state index in [0.29, 0.717) is 25.8 Å². The van der Waals surface area contributed by atoms with E-state index in [9.17, 15) is 5.11 Å². The first-order chi connectivity index (χ1) is 9.10. The van der Waals surface area contributed by atoms with Gasteiger partial charge in [-0.05, 0) is 25.2 Å². The maximum atomic E-state index is 9.81. The summed E-state index contributed by atoms with van der Waals surface area (Å²) in [5.74, 6) is 0.721. The van der Waals surface area contributed by atoms with E-state index < -0.39 is 6.10 Å². The van der Waals surface area contributed by atoms with Gasteiger partial charge in [0.1, 0.15) is 0 Å². The number of nitrogens with one attached hydrogen (secondary N) is 1. The van der Waals surface area contributed by atoms with E-state index in [1.807, 2.05) is 0 Å². The van der Waals surface area contributed by atoms with Crippen molar-refractivity contribution in [2.24, 2.45) is 5.92 Å². The molecule has 4 heteroatoms. The summed E-state index contributed by atoms with van der Waals surface area (Å²) >= 11 is 0. The van der Waals surface area contributed by atoms with E-state index >= 15 is 0 Å². The Morgan fingerprint density at radius 2 is 1.89 bits per heavy atom. The summed E-state index contributed by atoms with van der Waals surface area (Å²) in [6, 6.07) is 0.325. The molecule has 0 spiro atoms. The minimum Gasteiger partial charge on any atom is -0.389 e. The van der Waals surface area contributed by atoms with E-state index in [0.717, 1.165) is 31.8 Å². The molecule has 0 aromatic heterocycles. The van der Waals surface area contributed by atoms with E-state index in [-0.39, 0.29) is 0 Å². The van der Waals surface area contributed by atoms with E-state index in [1.165, 1.54) is 6.42 Å². The standard InChI is InChI=1S/C15H33NO3/c1-5-7-14(11-18-4)16-10-15(17)12-19-9-6-8-13(2)3/h13-17H,5-12H2,1-4H3. The minimum absolute atomic E-state index is 0.325. The van der Waals surface area contributed by atoms with Gasteiger partial charge in [-0.1, -0.05) is 27.2 Å². The van der Waals surface area contributed by atoms with Crippen molar-refractivity contribution < 1.29 is 14.6 Å². The quantitative estimate of drug-likeness (QED) is 0.506. The number of hydrogen-bond acceptors (Lipinski definition) is 4. The lowest BCUT2D eigenvalue weighted by atomic mass is 10.1. The fraction of sp³-hybridized carbons (Fsp3) is 1.00. The van der Waals surface area contributed by atoms with Gasteiger partial charge < -0.3 is 19.9 Å². The van der Waals surface area contributed by atoms with Crippen molar-refractivity contribution in [2.75, 3.05) is 33.5 Å². The van der Waals surface area contributed by atoms with E-state index in [2.05, 4.69) is 26.1 Å². The predicted octanol–water partition coefficient (Wildman–Crippen LogP) is 2.20. The molecule has 0 bridgehead atoms. The zero-order valence-corrected chi connectivity index (χ0v) is 13.2. The molecule has 0 aromatic carbocycles. The molecule has 0 aliphatic rings. The van der Waals surface area contributed by atoms with Crippen LogP contribution in [0.25, 0.3) is 0 Å². The Kier molecular flexibility index (Phi) is 12.7. The monoisotopic (exact) mass is 275 g/mol. The predicted molar refractivity (Wildman–Crippen MR) is 79.5 cm³/mol. The summed E-state index contributed by atoms with van der Waals surface area (Å²) in [5, 5.41) is 13.1. The van der Waals surface area contributed by atoms with Crippen LogP contribution in [0, 0.1) is 5.92 Å². The normalized spacial score (nSPS) is 14.8. The number of ether oxygens (including phenoxy) is 2. The minimum atomic E-state index is -0.435. The molecule has 116 valence electrons. The van der Waals surface area contributed by atoms with Gasteiger partial charge in [0.2, 0.25) is 0 Å². The van der Waals surface area contributed by atoms with Crippen molar-refractivity contribution in [3.8, 4) is 0 Å². The van der Waals surface area contributed by atoms with Crippen molar-refractivity contribution in [1.29, 1.82) is 0 Å². The Hall–Kier alpha value is -0.160. The molecule has 0 heterocycles. The lowest BCUT2D eigenvalue weighted by Crippen LogP contribution is -2.39. The Bertz CT molecular complexity index is 182. The van der Waals surface area contributed by atoms with Crippen molar-refractivity contribution in [2.45, 2.75) is 58.6 Å². The molecule has 0 amide bonds. The van der Waals surface area contributed by atoms with Gasteiger partial charge in [-0.25, -0.2) is 0 Å². The first-order valence-corrected chi connectivity index (χ1v) is 7.58. The fourth-order valence-electron chi connectivity index (χ4n) is 1.97. The average Bonchev–Trinajstić information content (AvgIpc) is 2.35. The molecule has 2 unspecified atom stereocenters. The van der Waals surface area contributed by atoms with Crippen molar-refractivity contribution in [3.05, 3.63) is 0 Å². The number of methoxy groups -OCH3 is 1. The Labute approximate surface area is 118 Å². The van der Waals surface area contributed by atoms with Gasteiger partial charge in [0.05, 0.1) is 19.3 Å². The highest BCUT2D eigenvalue weighted by atomic mass is 16.5. The lowest BCUT2D eigenvalue weighted by molar-refractivity contribution is 0.0314. The molecule has 0 radical (unpaired) electrons.